The lowest BCUT2D eigenvalue weighted by Crippen LogP contribution is -2.45. The Morgan fingerprint density at radius 3 is 1.83 bits per heavy atom. The normalized spacial score (nSPS) is 29.6. The van der Waals surface area contributed by atoms with Gasteiger partial charge in [0.2, 0.25) is 5.91 Å². The molecule has 0 aromatic heterocycles. The molecule has 0 aromatic rings. The molecule has 0 saturated carbocycles. The van der Waals surface area contributed by atoms with Crippen LogP contribution in [-0.2, 0) is 4.79 Å². The summed E-state index contributed by atoms with van der Waals surface area (Å²) < 4.78 is 218. The number of unbranched alkanes of at least 4 members (excludes halogenated alkanes) is 11. The first-order valence-electron chi connectivity index (χ1n) is 26.1. The largest absolute Gasteiger partial charge is 0.394 e. The van der Waals surface area contributed by atoms with E-state index in [9.17, 15) is 15.0 Å². The van der Waals surface area contributed by atoms with Crippen molar-refractivity contribution in [2.75, 3.05) is 6.61 Å². The molecule has 0 aliphatic rings. The van der Waals surface area contributed by atoms with Crippen molar-refractivity contribution in [3.63, 3.8) is 0 Å². The number of allylic oxidation sites excluding steroid dienone is 1. The SMILES string of the molecule is [2H]C([2H])([2H])C([2H])([2H])C([2H])([2H])C([2H])([2H])C([2H])([2H])C([2H])([2H])C([2H])([2H])C([2H])([2H])C([2H])([2H])C([2H])([2H])C([2H])([2H])C([2H])([2H])C([2H])([2H])C(=O)N[C@@H](CO)[C@H](O)/C=C/CCCCCCCCCCCCC. The van der Waals surface area contributed by atoms with Crippen LogP contribution in [0.4, 0.5) is 0 Å². The molecule has 3 N–H and O–H groups in total. The highest BCUT2D eigenvalue weighted by molar-refractivity contribution is 5.76. The topological polar surface area (TPSA) is 69.6 Å². The summed E-state index contributed by atoms with van der Waals surface area (Å²) in [6, 6.07) is -1.77. The van der Waals surface area contributed by atoms with Gasteiger partial charge in [-0.25, -0.2) is 0 Å². The first-order chi connectivity index (χ1) is 27.8. The van der Waals surface area contributed by atoms with Crippen molar-refractivity contribution in [3.8, 4) is 0 Å². The molecule has 1 amide bonds. The van der Waals surface area contributed by atoms with Crippen molar-refractivity contribution < 1.29 is 52.0 Å². The van der Waals surface area contributed by atoms with E-state index in [1.807, 2.05) is 0 Å². The second kappa shape index (κ2) is 28.7. The van der Waals surface area contributed by atoms with Crippen molar-refractivity contribution in [1.29, 1.82) is 0 Å². The van der Waals surface area contributed by atoms with Crippen LogP contribution in [-0.4, -0.2) is 34.9 Å². The Balaban J connectivity index is 6.48. The van der Waals surface area contributed by atoms with Gasteiger partial charge in [-0.2, -0.15) is 0 Å². The van der Waals surface area contributed by atoms with Crippen molar-refractivity contribution in [3.05, 3.63) is 12.2 Å². The molecule has 0 aliphatic carbocycles. The third-order valence-electron chi connectivity index (χ3n) is 5.03. The van der Waals surface area contributed by atoms with Crippen LogP contribution in [0.2, 0.25) is 0 Å². The molecule has 214 valence electrons. The van der Waals surface area contributed by atoms with Crippen LogP contribution >= 0.6 is 0 Å². The maximum Gasteiger partial charge on any atom is 0.220 e. The quantitative estimate of drug-likeness (QED) is 0.0691. The van der Waals surface area contributed by atoms with Crippen molar-refractivity contribution in [2.45, 2.75) is 179 Å². The molecule has 0 rings (SSSR count). The summed E-state index contributed by atoms with van der Waals surface area (Å²) in [7, 11) is 0. The van der Waals surface area contributed by atoms with Crippen LogP contribution in [0.3, 0.4) is 0 Å². The van der Waals surface area contributed by atoms with E-state index in [4.69, 9.17) is 37.0 Å². The lowest BCUT2D eigenvalue weighted by molar-refractivity contribution is -0.123. The van der Waals surface area contributed by atoms with Gasteiger partial charge in [-0.05, 0) is 19.2 Å². The van der Waals surface area contributed by atoms with E-state index in [2.05, 4.69) is 6.92 Å². The zero-order valence-electron chi connectivity index (χ0n) is 48.3. The average Bonchev–Trinajstić information content (AvgIpc) is 3.13. The lowest BCUT2D eigenvalue weighted by Gasteiger charge is -2.20. The molecule has 0 fully saturated rings. The van der Waals surface area contributed by atoms with Gasteiger partial charge in [-0.1, -0.05) is 154 Å². The summed E-state index contributed by atoms with van der Waals surface area (Å²) in [4.78, 5) is 13.2. The fraction of sp³-hybridized carbons (Fsp3) is 0.906. The number of hydrogen-bond donors (Lipinski definition) is 3. The van der Waals surface area contributed by atoms with Gasteiger partial charge in [-0.3, -0.25) is 4.79 Å². The predicted octanol–water partition coefficient (Wildman–Crippen LogP) is 8.78. The standard InChI is InChI=1S/C32H63NO3/c1-3-5-7-9-11-13-15-16-18-19-21-23-25-27-31(35)30(29-34)33-32(36)28-26-24-22-20-17-14-12-10-8-6-4-2/h25,27,30-31,34-35H,3-24,26,28-29H2,1-2H3,(H,33,36)/b27-25+/t30-,31+/m0/s1/i2D3,4D2,6D2,8D2,10D2,12D2,14D2,17D2,20D2,22D2,24D2,26D2,28D2. The number of hydrogen-bond acceptors (Lipinski definition) is 3. The maximum absolute atomic E-state index is 13.2. The van der Waals surface area contributed by atoms with E-state index >= 15 is 0 Å². The molecular weight excluding hydrogens is 446 g/mol. The Labute approximate surface area is 263 Å². The van der Waals surface area contributed by atoms with Crippen molar-refractivity contribution >= 4 is 5.91 Å². The molecule has 2 atom stereocenters. The van der Waals surface area contributed by atoms with Gasteiger partial charge in [-0.15, -0.1) is 0 Å². The van der Waals surface area contributed by atoms with E-state index in [1.54, 1.807) is 5.32 Å². The number of aliphatic hydroxyl groups excluding tert-OH is 2. The van der Waals surface area contributed by atoms with Crippen LogP contribution in [0, 0.1) is 0 Å². The van der Waals surface area contributed by atoms with E-state index in [0.717, 1.165) is 44.6 Å². The highest BCUT2D eigenvalue weighted by atomic mass is 16.3. The van der Waals surface area contributed by atoms with E-state index in [-0.39, 0.29) is 0 Å². The van der Waals surface area contributed by atoms with Gasteiger partial charge >= 0.3 is 0 Å². The Bertz CT molecular complexity index is 1490. The molecular formula is C32H63NO3. The summed E-state index contributed by atoms with van der Waals surface area (Å²) in [6.45, 7) is -3.03. The number of rotatable bonds is 28. The van der Waals surface area contributed by atoms with Gasteiger partial charge in [0.05, 0.1) is 18.8 Å². The van der Waals surface area contributed by atoms with E-state index in [0.29, 0.717) is 6.42 Å². The second-order valence-corrected chi connectivity index (χ2v) is 8.01. The minimum atomic E-state index is -5.03. The highest BCUT2D eigenvalue weighted by Crippen LogP contribution is 2.13. The Morgan fingerprint density at radius 1 is 0.806 bits per heavy atom. The fourth-order valence-electron chi connectivity index (χ4n) is 3.11. The molecule has 0 heterocycles. The van der Waals surface area contributed by atoms with Gasteiger partial charge in [0.15, 0.2) is 0 Å². The minimum Gasteiger partial charge on any atom is -0.394 e. The van der Waals surface area contributed by atoms with Crippen molar-refractivity contribution in [2.24, 2.45) is 0 Å². The third kappa shape index (κ3) is 24.8. The van der Waals surface area contributed by atoms with E-state index in [1.165, 1.54) is 38.2 Å². The second-order valence-electron chi connectivity index (χ2n) is 8.01. The number of amides is 1. The van der Waals surface area contributed by atoms with Crippen LogP contribution < -0.4 is 5.32 Å². The molecule has 0 spiro atoms. The monoisotopic (exact) mass is 537 g/mol. The summed E-state index contributed by atoms with van der Waals surface area (Å²) in [5.41, 5.74) is 0. The lowest BCUT2D eigenvalue weighted by atomic mass is 10.0. The van der Waals surface area contributed by atoms with Gasteiger partial charge in [0.25, 0.3) is 0 Å². The van der Waals surface area contributed by atoms with Gasteiger partial charge in [0, 0.05) is 43.4 Å². The highest BCUT2D eigenvalue weighted by Gasteiger charge is 2.17. The molecule has 4 heteroatoms. The average molecular weight is 537 g/mol. The Morgan fingerprint density at radius 2 is 1.31 bits per heavy atom. The molecule has 36 heavy (non-hydrogen) atoms. The molecule has 0 saturated heterocycles. The number of carbonyl (C=O) groups is 1. The predicted molar refractivity (Wildman–Crippen MR) is 156 cm³/mol. The number of carbonyl (C=O) groups excluding carboxylic acids is 1. The summed E-state index contributed by atoms with van der Waals surface area (Å²) in [6.07, 6.45) is -44.1. The summed E-state index contributed by atoms with van der Waals surface area (Å²) in [5.74, 6) is -2.14. The van der Waals surface area contributed by atoms with Crippen LogP contribution in [0.15, 0.2) is 12.2 Å². The molecule has 0 aliphatic heterocycles. The number of nitrogens with one attached hydrogen (secondary N) is 1. The first-order valence-corrected chi connectivity index (χ1v) is 12.6. The molecule has 0 aromatic carbocycles. The Kier molecular flexibility index (Phi) is 8.73. The molecule has 0 bridgehead atoms. The Hall–Kier alpha value is -0.870. The molecule has 0 unspecified atom stereocenters. The molecule has 4 nitrogen and oxygen atoms in total. The summed E-state index contributed by atoms with van der Waals surface area (Å²) >= 11 is 0. The summed E-state index contributed by atoms with van der Waals surface area (Å²) in [5, 5.41) is 22.2. The first kappa shape index (κ1) is 11.0. The van der Waals surface area contributed by atoms with Gasteiger partial charge < -0.3 is 15.5 Å². The van der Waals surface area contributed by atoms with Crippen LogP contribution in [0.25, 0.3) is 0 Å². The van der Waals surface area contributed by atoms with E-state index < -0.39 is 108 Å². The fourth-order valence-corrected chi connectivity index (χ4v) is 3.11. The maximum atomic E-state index is 13.2. The number of aliphatic hydroxyl groups is 2. The van der Waals surface area contributed by atoms with Crippen LogP contribution in [0.5, 0.6) is 0 Å². The third-order valence-corrected chi connectivity index (χ3v) is 5.03. The minimum absolute atomic E-state index is 0.461. The van der Waals surface area contributed by atoms with Crippen LogP contribution in [0.1, 0.15) is 204 Å². The smallest absolute Gasteiger partial charge is 0.220 e. The van der Waals surface area contributed by atoms with Gasteiger partial charge in [0.1, 0.15) is 0 Å². The zero-order chi connectivity index (χ0) is 50.5. The zero-order valence-corrected chi connectivity index (χ0v) is 21.3. The van der Waals surface area contributed by atoms with Crippen molar-refractivity contribution in [1.82, 2.24) is 5.32 Å². The molecule has 0 radical (unpaired) electrons.